The molecule has 3 aromatic rings. The lowest BCUT2D eigenvalue weighted by molar-refractivity contribution is -0.115. The van der Waals surface area contributed by atoms with Crippen molar-refractivity contribution in [3.05, 3.63) is 69.4 Å². The highest BCUT2D eigenvalue weighted by atomic mass is 35.5. The first-order valence-corrected chi connectivity index (χ1v) is 8.59. The van der Waals surface area contributed by atoms with Crippen LogP contribution in [0.25, 0.3) is 0 Å². The first-order chi connectivity index (χ1) is 11.7. The predicted molar refractivity (Wildman–Crippen MR) is 97.5 cm³/mol. The standard InChI is InChI=1S/C17H15ClN4OS/c18-13-5-3-12(4-6-13)11-19-15-7-8-16(22-21-15)20-17(23)10-14-2-1-9-24-14/h1-9H,10-11H2,(H,19,21)(H,20,22,23). The van der Waals surface area contributed by atoms with Gasteiger partial charge in [0.15, 0.2) is 5.82 Å². The SMILES string of the molecule is O=C(Cc1cccs1)Nc1ccc(NCc2ccc(Cl)cc2)nn1. The van der Waals surface area contributed by atoms with E-state index in [1.807, 2.05) is 41.8 Å². The molecule has 2 aromatic heterocycles. The molecule has 0 aliphatic carbocycles. The Labute approximate surface area is 148 Å². The fraction of sp³-hybridized carbons (Fsp3) is 0.118. The van der Waals surface area contributed by atoms with Crippen LogP contribution in [-0.4, -0.2) is 16.1 Å². The third kappa shape index (κ3) is 4.78. The second-order valence-corrected chi connectivity index (χ2v) is 6.56. The Hall–Kier alpha value is -2.44. The molecule has 122 valence electrons. The van der Waals surface area contributed by atoms with Crippen molar-refractivity contribution < 1.29 is 4.79 Å². The second kappa shape index (κ2) is 7.90. The lowest BCUT2D eigenvalue weighted by atomic mass is 10.2. The first-order valence-electron chi connectivity index (χ1n) is 7.33. The van der Waals surface area contributed by atoms with E-state index in [1.165, 1.54) is 0 Å². The van der Waals surface area contributed by atoms with Gasteiger partial charge >= 0.3 is 0 Å². The van der Waals surface area contributed by atoms with Gasteiger partial charge in [-0.2, -0.15) is 0 Å². The number of carbonyl (C=O) groups excluding carboxylic acids is 1. The van der Waals surface area contributed by atoms with Crippen LogP contribution in [0.5, 0.6) is 0 Å². The Morgan fingerprint density at radius 2 is 1.79 bits per heavy atom. The summed E-state index contributed by atoms with van der Waals surface area (Å²) in [7, 11) is 0. The lowest BCUT2D eigenvalue weighted by Crippen LogP contribution is -2.15. The molecule has 0 aliphatic heterocycles. The van der Waals surface area contributed by atoms with Gasteiger partial charge in [0.05, 0.1) is 6.42 Å². The van der Waals surface area contributed by atoms with Crippen LogP contribution >= 0.6 is 22.9 Å². The van der Waals surface area contributed by atoms with Crippen molar-refractivity contribution in [1.29, 1.82) is 0 Å². The number of halogens is 1. The molecule has 0 atom stereocenters. The number of benzene rings is 1. The van der Waals surface area contributed by atoms with E-state index in [-0.39, 0.29) is 5.91 Å². The molecule has 0 radical (unpaired) electrons. The van der Waals surface area contributed by atoms with E-state index in [9.17, 15) is 4.79 Å². The number of hydrogen-bond donors (Lipinski definition) is 2. The van der Waals surface area contributed by atoms with E-state index in [1.54, 1.807) is 23.5 Å². The van der Waals surface area contributed by atoms with E-state index >= 15 is 0 Å². The molecule has 0 unspecified atom stereocenters. The molecule has 7 heteroatoms. The van der Waals surface area contributed by atoms with Crippen LogP contribution in [0.4, 0.5) is 11.6 Å². The first kappa shape index (κ1) is 16.4. The zero-order chi connectivity index (χ0) is 16.8. The minimum atomic E-state index is -0.103. The maximum atomic E-state index is 11.9. The number of rotatable bonds is 6. The molecule has 0 spiro atoms. The van der Waals surface area contributed by atoms with Gasteiger partial charge in [0, 0.05) is 16.4 Å². The highest BCUT2D eigenvalue weighted by Gasteiger charge is 2.06. The summed E-state index contributed by atoms with van der Waals surface area (Å²) in [5, 5.41) is 16.6. The van der Waals surface area contributed by atoms with Crippen molar-refractivity contribution in [2.75, 3.05) is 10.6 Å². The molecular weight excluding hydrogens is 344 g/mol. The van der Waals surface area contributed by atoms with E-state index < -0.39 is 0 Å². The smallest absolute Gasteiger partial charge is 0.230 e. The molecule has 0 fully saturated rings. The van der Waals surface area contributed by atoms with Crippen LogP contribution in [0.15, 0.2) is 53.9 Å². The fourth-order valence-electron chi connectivity index (χ4n) is 2.05. The summed E-state index contributed by atoms with van der Waals surface area (Å²) in [6, 6.07) is 14.9. The van der Waals surface area contributed by atoms with Crippen LogP contribution in [0.3, 0.4) is 0 Å². The predicted octanol–water partition coefficient (Wildman–Crippen LogP) is 3.98. The van der Waals surface area contributed by atoms with Gasteiger partial charge in [0.2, 0.25) is 5.91 Å². The number of nitrogens with one attached hydrogen (secondary N) is 2. The molecule has 0 aliphatic rings. The van der Waals surface area contributed by atoms with E-state index in [2.05, 4.69) is 20.8 Å². The number of carbonyl (C=O) groups is 1. The molecule has 0 bridgehead atoms. The largest absolute Gasteiger partial charge is 0.365 e. The molecule has 1 amide bonds. The number of amides is 1. The summed E-state index contributed by atoms with van der Waals surface area (Å²) >= 11 is 7.41. The molecule has 0 saturated carbocycles. The Morgan fingerprint density at radius 1 is 1.04 bits per heavy atom. The molecule has 1 aromatic carbocycles. The molecule has 24 heavy (non-hydrogen) atoms. The molecule has 0 saturated heterocycles. The van der Waals surface area contributed by atoms with Crippen LogP contribution in [0.1, 0.15) is 10.4 Å². The minimum absolute atomic E-state index is 0.103. The van der Waals surface area contributed by atoms with Gasteiger partial charge in [-0.05, 0) is 41.3 Å². The van der Waals surface area contributed by atoms with Gasteiger partial charge in [0.1, 0.15) is 5.82 Å². The second-order valence-electron chi connectivity index (χ2n) is 5.09. The van der Waals surface area contributed by atoms with Gasteiger partial charge in [-0.15, -0.1) is 21.5 Å². The Kier molecular flexibility index (Phi) is 5.40. The summed E-state index contributed by atoms with van der Waals surface area (Å²) in [4.78, 5) is 12.9. The van der Waals surface area contributed by atoms with Crippen LogP contribution in [-0.2, 0) is 17.8 Å². The van der Waals surface area contributed by atoms with Crippen molar-refractivity contribution in [3.63, 3.8) is 0 Å². The summed E-state index contributed by atoms with van der Waals surface area (Å²) in [5.74, 6) is 0.975. The minimum Gasteiger partial charge on any atom is -0.365 e. The van der Waals surface area contributed by atoms with Gasteiger partial charge in [0.25, 0.3) is 0 Å². The fourth-order valence-corrected chi connectivity index (χ4v) is 2.88. The summed E-state index contributed by atoms with van der Waals surface area (Å²) in [6.45, 7) is 0.621. The van der Waals surface area contributed by atoms with Crippen LogP contribution < -0.4 is 10.6 Å². The van der Waals surface area contributed by atoms with Crippen LogP contribution in [0, 0.1) is 0 Å². The normalized spacial score (nSPS) is 10.4. The van der Waals surface area contributed by atoms with E-state index in [0.29, 0.717) is 29.6 Å². The Bertz CT molecular complexity index is 788. The van der Waals surface area contributed by atoms with Gasteiger partial charge in [-0.25, -0.2) is 0 Å². The zero-order valence-electron chi connectivity index (χ0n) is 12.7. The number of aromatic nitrogens is 2. The van der Waals surface area contributed by atoms with Gasteiger partial charge in [-0.3, -0.25) is 4.79 Å². The number of hydrogen-bond acceptors (Lipinski definition) is 5. The maximum absolute atomic E-state index is 11.9. The highest BCUT2D eigenvalue weighted by molar-refractivity contribution is 7.10. The van der Waals surface area contributed by atoms with Crippen molar-refractivity contribution in [3.8, 4) is 0 Å². The maximum Gasteiger partial charge on any atom is 0.230 e. The van der Waals surface area contributed by atoms with E-state index in [0.717, 1.165) is 10.4 Å². The molecule has 3 rings (SSSR count). The molecule has 5 nitrogen and oxygen atoms in total. The molecular formula is C17H15ClN4OS. The average molecular weight is 359 g/mol. The third-order valence-electron chi connectivity index (χ3n) is 3.23. The molecule has 2 N–H and O–H groups in total. The topological polar surface area (TPSA) is 66.9 Å². The number of anilines is 2. The third-order valence-corrected chi connectivity index (χ3v) is 4.36. The Morgan fingerprint density at radius 3 is 2.46 bits per heavy atom. The van der Waals surface area contributed by atoms with Gasteiger partial charge in [-0.1, -0.05) is 29.8 Å². The number of thiophene rings is 1. The summed E-state index contributed by atoms with van der Waals surface area (Å²) < 4.78 is 0. The average Bonchev–Trinajstić information content (AvgIpc) is 3.08. The summed E-state index contributed by atoms with van der Waals surface area (Å²) in [6.07, 6.45) is 0.343. The van der Waals surface area contributed by atoms with Crippen molar-refractivity contribution in [2.24, 2.45) is 0 Å². The quantitative estimate of drug-likeness (QED) is 0.699. The van der Waals surface area contributed by atoms with Crippen LogP contribution in [0.2, 0.25) is 5.02 Å². The molecule has 2 heterocycles. The lowest BCUT2D eigenvalue weighted by Gasteiger charge is -2.07. The van der Waals surface area contributed by atoms with Gasteiger partial charge < -0.3 is 10.6 Å². The van der Waals surface area contributed by atoms with E-state index in [4.69, 9.17) is 11.6 Å². The highest BCUT2D eigenvalue weighted by Crippen LogP contribution is 2.13. The van der Waals surface area contributed by atoms with Crippen molar-refractivity contribution in [1.82, 2.24) is 10.2 Å². The summed E-state index contributed by atoms with van der Waals surface area (Å²) in [5.41, 5.74) is 1.09. The Balaban J connectivity index is 1.51. The van der Waals surface area contributed by atoms with Crippen molar-refractivity contribution >= 4 is 40.5 Å². The monoisotopic (exact) mass is 358 g/mol. The number of nitrogens with zero attached hydrogens (tertiary/aromatic N) is 2. The van der Waals surface area contributed by atoms with Crippen molar-refractivity contribution in [2.45, 2.75) is 13.0 Å². The zero-order valence-corrected chi connectivity index (χ0v) is 14.3.